The van der Waals surface area contributed by atoms with Crippen molar-refractivity contribution in [3.63, 3.8) is 0 Å². The van der Waals surface area contributed by atoms with Crippen molar-refractivity contribution in [1.29, 1.82) is 0 Å². The number of rotatable bonds is 4. The molecule has 1 N–H and O–H groups in total. The second kappa shape index (κ2) is 5.38. The molecule has 1 saturated carbocycles. The number of ether oxygens (including phenoxy) is 1. The Balaban J connectivity index is 1.99. The maximum atomic E-state index is 11.6. The molecule has 0 spiro atoms. The van der Waals surface area contributed by atoms with Crippen molar-refractivity contribution in [3.8, 4) is 0 Å². The summed E-state index contributed by atoms with van der Waals surface area (Å²) >= 11 is 0. The quantitative estimate of drug-likeness (QED) is 0.820. The predicted octanol–water partition coefficient (Wildman–Crippen LogP) is 3.23. The van der Waals surface area contributed by atoms with Crippen LogP contribution >= 0.6 is 0 Å². The van der Waals surface area contributed by atoms with Crippen molar-refractivity contribution in [1.82, 2.24) is 0 Å². The van der Waals surface area contributed by atoms with E-state index in [4.69, 9.17) is 4.74 Å². The summed E-state index contributed by atoms with van der Waals surface area (Å²) in [5.74, 6) is 0.0114. The first-order valence-electron chi connectivity index (χ1n) is 7.01. The first-order valence-corrected chi connectivity index (χ1v) is 7.01. The van der Waals surface area contributed by atoms with Gasteiger partial charge in [-0.05, 0) is 50.9 Å². The van der Waals surface area contributed by atoms with Gasteiger partial charge in [0.1, 0.15) is 0 Å². The minimum atomic E-state index is -0.595. The summed E-state index contributed by atoms with van der Waals surface area (Å²) in [5, 5.41) is 9.55. The van der Waals surface area contributed by atoms with E-state index in [1.165, 1.54) is 6.42 Å². The van der Waals surface area contributed by atoms with Crippen molar-refractivity contribution in [2.75, 3.05) is 6.61 Å². The van der Waals surface area contributed by atoms with Gasteiger partial charge < -0.3 is 9.84 Å². The van der Waals surface area contributed by atoms with Gasteiger partial charge in [0.2, 0.25) is 0 Å². The first kappa shape index (κ1) is 12.9. The molecule has 3 nitrogen and oxygen atoms in total. The zero-order chi connectivity index (χ0) is 12.3. The lowest BCUT2D eigenvalue weighted by atomic mass is 9.78. The van der Waals surface area contributed by atoms with Crippen LogP contribution in [0.3, 0.4) is 0 Å². The molecule has 3 unspecified atom stereocenters. The summed E-state index contributed by atoms with van der Waals surface area (Å²) in [7, 11) is 0. The van der Waals surface area contributed by atoms with Crippen molar-refractivity contribution in [2.24, 2.45) is 11.3 Å². The van der Waals surface area contributed by atoms with E-state index in [2.05, 4.69) is 6.92 Å². The Labute approximate surface area is 104 Å². The van der Waals surface area contributed by atoms with Gasteiger partial charge in [-0.15, -0.1) is 0 Å². The Kier molecular flexibility index (Phi) is 4.08. The van der Waals surface area contributed by atoms with Crippen molar-refractivity contribution >= 4 is 5.97 Å². The Bertz CT molecular complexity index is 271. The van der Waals surface area contributed by atoms with E-state index in [1.54, 1.807) is 0 Å². The predicted molar refractivity (Wildman–Crippen MR) is 65.9 cm³/mol. The highest BCUT2D eigenvalue weighted by Gasteiger charge is 2.46. The van der Waals surface area contributed by atoms with Crippen LogP contribution in [0.1, 0.15) is 58.3 Å². The van der Waals surface area contributed by atoms with E-state index in [0.29, 0.717) is 5.92 Å². The number of aliphatic carboxylic acids is 1. The van der Waals surface area contributed by atoms with Crippen LogP contribution in [0.2, 0.25) is 0 Å². The normalized spacial score (nSPS) is 38.2. The topological polar surface area (TPSA) is 46.5 Å². The Morgan fingerprint density at radius 1 is 1.41 bits per heavy atom. The number of hydrogen-bond donors (Lipinski definition) is 1. The van der Waals surface area contributed by atoms with Gasteiger partial charge in [-0.2, -0.15) is 0 Å². The SMILES string of the molecule is CCC1CCC(CC2CCCCO2)(C(=O)O)C1. The molecular weight excluding hydrogens is 216 g/mol. The van der Waals surface area contributed by atoms with Crippen molar-refractivity contribution in [2.45, 2.75) is 64.4 Å². The third-order valence-electron chi connectivity index (χ3n) is 4.63. The van der Waals surface area contributed by atoms with Gasteiger partial charge in [0.15, 0.2) is 0 Å². The summed E-state index contributed by atoms with van der Waals surface area (Å²) in [6.45, 7) is 2.98. The second-order valence-electron chi connectivity index (χ2n) is 5.80. The van der Waals surface area contributed by atoms with Gasteiger partial charge in [-0.1, -0.05) is 13.3 Å². The van der Waals surface area contributed by atoms with Gasteiger partial charge >= 0.3 is 5.97 Å². The molecule has 0 amide bonds. The molecule has 17 heavy (non-hydrogen) atoms. The van der Waals surface area contributed by atoms with Crippen molar-refractivity contribution in [3.05, 3.63) is 0 Å². The molecule has 0 bridgehead atoms. The standard InChI is InChI=1S/C14H24O3/c1-2-11-6-7-14(9-11,13(15)16)10-12-5-3-4-8-17-12/h11-12H,2-10H2,1H3,(H,15,16). The number of carboxylic acid groups (broad SMARTS) is 1. The molecule has 0 aromatic carbocycles. The lowest BCUT2D eigenvalue weighted by Gasteiger charge is -2.31. The van der Waals surface area contributed by atoms with Crippen LogP contribution in [0.25, 0.3) is 0 Å². The lowest BCUT2D eigenvalue weighted by molar-refractivity contribution is -0.152. The second-order valence-corrected chi connectivity index (χ2v) is 5.80. The Morgan fingerprint density at radius 2 is 2.24 bits per heavy atom. The summed E-state index contributed by atoms with van der Waals surface area (Å²) in [5.41, 5.74) is -0.483. The van der Waals surface area contributed by atoms with Gasteiger partial charge in [-0.3, -0.25) is 4.79 Å². The third-order valence-corrected chi connectivity index (χ3v) is 4.63. The van der Waals surface area contributed by atoms with E-state index < -0.39 is 11.4 Å². The molecule has 0 radical (unpaired) electrons. The van der Waals surface area contributed by atoms with E-state index in [1.807, 2.05) is 0 Å². The van der Waals surface area contributed by atoms with Crippen molar-refractivity contribution < 1.29 is 14.6 Å². The largest absolute Gasteiger partial charge is 0.481 e. The number of hydrogen-bond acceptors (Lipinski definition) is 2. The van der Waals surface area contributed by atoms with E-state index >= 15 is 0 Å². The number of carbonyl (C=O) groups is 1. The average Bonchev–Trinajstić information content (AvgIpc) is 2.75. The zero-order valence-corrected chi connectivity index (χ0v) is 10.8. The third kappa shape index (κ3) is 2.82. The Morgan fingerprint density at radius 3 is 2.76 bits per heavy atom. The van der Waals surface area contributed by atoms with Crippen LogP contribution < -0.4 is 0 Å². The van der Waals surface area contributed by atoms with E-state index in [0.717, 1.165) is 51.6 Å². The van der Waals surface area contributed by atoms with Crippen LogP contribution in [-0.4, -0.2) is 23.8 Å². The molecule has 1 aliphatic heterocycles. The van der Waals surface area contributed by atoms with Gasteiger partial charge in [0, 0.05) is 6.61 Å². The zero-order valence-electron chi connectivity index (χ0n) is 10.8. The van der Waals surface area contributed by atoms with Crippen LogP contribution in [0.15, 0.2) is 0 Å². The molecule has 2 rings (SSSR count). The maximum Gasteiger partial charge on any atom is 0.309 e. The van der Waals surface area contributed by atoms with Gasteiger partial charge in [0.05, 0.1) is 11.5 Å². The molecule has 1 aliphatic carbocycles. The lowest BCUT2D eigenvalue weighted by Crippen LogP contribution is -2.35. The van der Waals surface area contributed by atoms with Crippen LogP contribution in [0.5, 0.6) is 0 Å². The molecule has 2 fully saturated rings. The average molecular weight is 240 g/mol. The minimum Gasteiger partial charge on any atom is -0.481 e. The molecule has 0 aromatic heterocycles. The minimum absolute atomic E-state index is 0.190. The fourth-order valence-electron chi connectivity index (χ4n) is 3.46. The summed E-state index contributed by atoms with van der Waals surface area (Å²) in [6.07, 6.45) is 8.20. The summed E-state index contributed by atoms with van der Waals surface area (Å²) in [6, 6.07) is 0. The summed E-state index contributed by atoms with van der Waals surface area (Å²) in [4.78, 5) is 11.6. The Hall–Kier alpha value is -0.570. The molecule has 1 heterocycles. The van der Waals surface area contributed by atoms with Crippen LogP contribution in [0.4, 0.5) is 0 Å². The van der Waals surface area contributed by atoms with Gasteiger partial charge in [-0.25, -0.2) is 0 Å². The molecule has 3 atom stereocenters. The van der Waals surface area contributed by atoms with E-state index in [-0.39, 0.29) is 6.10 Å². The first-order chi connectivity index (χ1) is 8.16. The fourth-order valence-corrected chi connectivity index (χ4v) is 3.46. The van der Waals surface area contributed by atoms with Crippen LogP contribution in [-0.2, 0) is 9.53 Å². The molecule has 0 aromatic rings. The van der Waals surface area contributed by atoms with Gasteiger partial charge in [0.25, 0.3) is 0 Å². The smallest absolute Gasteiger partial charge is 0.309 e. The molecule has 98 valence electrons. The summed E-state index contributed by atoms with van der Waals surface area (Å²) < 4.78 is 5.72. The van der Waals surface area contributed by atoms with Crippen LogP contribution in [0, 0.1) is 11.3 Å². The van der Waals surface area contributed by atoms with E-state index in [9.17, 15) is 9.90 Å². The molecule has 3 heteroatoms. The highest BCUT2D eigenvalue weighted by molar-refractivity contribution is 5.75. The molecular formula is C14H24O3. The maximum absolute atomic E-state index is 11.6. The molecule has 2 aliphatic rings. The monoisotopic (exact) mass is 240 g/mol. The highest BCUT2D eigenvalue weighted by Crippen LogP contribution is 2.47. The molecule has 1 saturated heterocycles. The fraction of sp³-hybridized carbons (Fsp3) is 0.929. The number of carboxylic acids is 1. The highest BCUT2D eigenvalue weighted by atomic mass is 16.5.